The molecule has 1 aliphatic rings. The van der Waals surface area contributed by atoms with Crippen molar-refractivity contribution in [3.05, 3.63) is 47.5 Å². The van der Waals surface area contributed by atoms with Gasteiger partial charge in [-0.15, -0.1) is 0 Å². The smallest absolute Gasteiger partial charge is 0.254 e. The van der Waals surface area contributed by atoms with Crippen molar-refractivity contribution in [1.82, 2.24) is 9.80 Å². The molecule has 2 amide bonds. The minimum atomic E-state index is -0.662. The minimum absolute atomic E-state index is 0.0165. The Morgan fingerprint density at radius 3 is 2.00 bits per heavy atom. The van der Waals surface area contributed by atoms with Crippen LogP contribution in [0.1, 0.15) is 15.9 Å². The van der Waals surface area contributed by atoms with Gasteiger partial charge in [0.2, 0.25) is 5.91 Å². The molecule has 1 aliphatic heterocycles. The van der Waals surface area contributed by atoms with Gasteiger partial charge >= 0.3 is 0 Å². The zero-order chi connectivity index (χ0) is 20.3. The quantitative estimate of drug-likeness (QED) is 0.684. The van der Waals surface area contributed by atoms with Crippen LogP contribution in [-0.4, -0.2) is 70.2 Å². The number of amides is 2. The van der Waals surface area contributed by atoms with Crippen molar-refractivity contribution in [2.45, 2.75) is 6.42 Å². The van der Waals surface area contributed by atoms with E-state index in [4.69, 9.17) is 4.74 Å². The number of phenols is 3. The first-order chi connectivity index (χ1) is 13.4. The van der Waals surface area contributed by atoms with Crippen LogP contribution >= 0.6 is 0 Å². The number of phenolic OH excluding ortho intramolecular Hbond substituents is 3. The van der Waals surface area contributed by atoms with Gasteiger partial charge in [-0.1, -0.05) is 12.1 Å². The van der Waals surface area contributed by atoms with Crippen molar-refractivity contribution in [2.75, 3.05) is 33.3 Å². The fourth-order valence-electron chi connectivity index (χ4n) is 3.10. The van der Waals surface area contributed by atoms with Crippen molar-refractivity contribution in [1.29, 1.82) is 0 Å². The van der Waals surface area contributed by atoms with Crippen LogP contribution in [0.15, 0.2) is 36.4 Å². The van der Waals surface area contributed by atoms with Crippen LogP contribution in [0.25, 0.3) is 0 Å². The molecule has 28 heavy (non-hydrogen) atoms. The lowest BCUT2D eigenvalue weighted by Crippen LogP contribution is -2.51. The van der Waals surface area contributed by atoms with Gasteiger partial charge in [0.1, 0.15) is 5.75 Å². The molecule has 1 saturated heterocycles. The van der Waals surface area contributed by atoms with Gasteiger partial charge < -0.3 is 29.9 Å². The van der Waals surface area contributed by atoms with Crippen molar-refractivity contribution in [3.8, 4) is 23.0 Å². The molecule has 2 aromatic rings. The average Bonchev–Trinajstić information content (AvgIpc) is 2.71. The maximum atomic E-state index is 12.6. The second-order valence-corrected chi connectivity index (χ2v) is 6.56. The SMILES string of the molecule is COc1ccc(CC(=O)N2CCN(C(=O)c3cc(O)c(O)c(O)c3)CC2)cc1. The molecule has 148 valence electrons. The number of nitrogens with zero attached hydrogens (tertiary/aromatic N) is 2. The van der Waals surface area contributed by atoms with Crippen molar-refractivity contribution in [2.24, 2.45) is 0 Å². The number of carbonyl (C=O) groups is 2. The van der Waals surface area contributed by atoms with E-state index >= 15 is 0 Å². The lowest BCUT2D eigenvalue weighted by molar-refractivity contribution is -0.131. The van der Waals surface area contributed by atoms with Gasteiger partial charge in [-0.25, -0.2) is 0 Å². The van der Waals surface area contributed by atoms with E-state index in [0.717, 1.165) is 23.4 Å². The number of carbonyl (C=O) groups excluding carboxylic acids is 2. The van der Waals surface area contributed by atoms with Gasteiger partial charge in [0.15, 0.2) is 17.2 Å². The maximum absolute atomic E-state index is 12.6. The Bertz CT molecular complexity index is 850. The van der Waals surface area contributed by atoms with Crippen molar-refractivity contribution >= 4 is 11.8 Å². The van der Waals surface area contributed by atoms with Crippen LogP contribution in [0, 0.1) is 0 Å². The summed E-state index contributed by atoms with van der Waals surface area (Å²) in [5.41, 5.74) is 0.963. The minimum Gasteiger partial charge on any atom is -0.504 e. The average molecular weight is 386 g/mol. The highest BCUT2D eigenvalue weighted by Gasteiger charge is 2.26. The Labute approximate surface area is 162 Å². The number of hydrogen-bond donors (Lipinski definition) is 3. The van der Waals surface area contributed by atoms with Crippen LogP contribution in [0.2, 0.25) is 0 Å². The van der Waals surface area contributed by atoms with Crippen LogP contribution in [0.5, 0.6) is 23.0 Å². The zero-order valence-electron chi connectivity index (χ0n) is 15.5. The first-order valence-electron chi connectivity index (χ1n) is 8.84. The number of ether oxygens (including phenoxy) is 1. The summed E-state index contributed by atoms with van der Waals surface area (Å²) in [7, 11) is 1.59. The van der Waals surface area contributed by atoms with Gasteiger partial charge in [-0.3, -0.25) is 9.59 Å². The lowest BCUT2D eigenvalue weighted by Gasteiger charge is -2.35. The molecule has 0 atom stereocenters. The Balaban J connectivity index is 1.57. The van der Waals surface area contributed by atoms with E-state index in [1.807, 2.05) is 24.3 Å². The van der Waals surface area contributed by atoms with E-state index in [9.17, 15) is 24.9 Å². The monoisotopic (exact) mass is 386 g/mol. The molecule has 0 radical (unpaired) electrons. The molecule has 2 aromatic carbocycles. The fraction of sp³-hybridized carbons (Fsp3) is 0.300. The summed E-state index contributed by atoms with van der Waals surface area (Å²) < 4.78 is 5.10. The van der Waals surface area contributed by atoms with Crippen LogP contribution in [-0.2, 0) is 11.2 Å². The Morgan fingerprint density at radius 1 is 0.929 bits per heavy atom. The number of rotatable bonds is 4. The molecule has 3 N–H and O–H groups in total. The fourth-order valence-corrected chi connectivity index (χ4v) is 3.10. The van der Waals surface area contributed by atoms with Crippen molar-refractivity contribution in [3.63, 3.8) is 0 Å². The molecule has 0 bridgehead atoms. The summed E-state index contributed by atoms with van der Waals surface area (Å²) in [6.45, 7) is 1.48. The molecule has 0 aliphatic carbocycles. The van der Waals surface area contributed by atoms with Gasteiger partial charge in [0.25, 0.3) is 5.91 Å². The van der Waals surface area contributed by atoms with E-state index in [1.54, 1.807) is 16.9 Å². The molecule has 0 unspecified atom stereocenters. The summed E-state index contributed by atoms with van der Waals surface area (Å²) >= 11 is 0. The Hall–Kier alpha value is -3.42. The van der Waals surface area contributed by atoms with E-state index in [2.05, 4.69) is 0 Å². The molecule has 8 nitrogen and oxygen atoms in total. The summed E-state index contributed by atoms with van der Waals surface area (Å²) in [5, 5.41) is 28.5. The molecular weight excluding hydrogens is 364 g/mol. The predicted molar refractivity (Wildman–Crippen MR) is 101 cm³/mol. The predicted octanol–water partition coefficient (Wildman–Crippen LogP) is 1.34. The molecule has 0 spiro atoms. The standard InChI is InChI=1S/C20H22N2O6/c1-28-15-4-2-13(3-5-15)10-18(25)21-6-8-22(9-7-21)20(27)14-11-16(23)19(26)17(24)12-14/h2-5,11-12,23-24,26H,6-10H2,1H3. The highest BCUT2D eigenvalue weighted by molar-refractivity contribution is 5.95. The topological polar surface area (TPSA) is 111 Å². The molecule has 0 aromatic heterocycles. The third kappa shape index (κ3) is 4.11. The van der Waals surface area contributed by atoms with Gasteiger partial charge in [0.05, 0.1) is 13.5 Å². The molecule has 0 saturated carbocycles. The third-order valence-electron chi connectivity index (χ3n) is 4.75. The largest absolute Gasteiger partial charge is 0.504 e. The second kappa shape index (κ2) is 8.08. The van der Waals surface area contributed by atoms with E-state index in [-0.39, 0.29) is 23.8 Å². The molecular formula is C20H22N2O6. The van der Waals surface area contributed by atoms with E-state index in [1.165, 1.54) is 0 Å². The van der Waals surface area contributed by atoms with E-state index < -0.39 is 17.2 Å². The number of hydrogen-bond acceptors (Lipinski definition) is 6. The molecule has 1 fully saturated rings. The Kier molecular flexibility index (Phi) is 5.58. The summed E-state index contributed by atoms with van der Waals surface area (Å²) in [5.74, 6) is -1.45. The first-order valence-corrected chi connectivity index (χ1v) is 8.84. The van der Waals surface area contributed by atoms with Gasteiger partial charge in [0, 0.05) is 31.7 Å². The van der Waals surface area contributed by atoms with Gasteiger partial charge in [-0.05, 0) is 29.8 Å². The van der Waals surface area contributed by atoms with Crippen LogP contribution in [0.4, 0.5) is 0 Å². The lowest BCUT2D eigenvalue weighted by atomic mass is 10.1. The number of piperazine rings is 1. The molecule has 3 rings (SSSR count). The number of aromatic hydroxyl groups is 3. The van der Waals surface area contributed by atoms with Crippen LogP contribution in [0.3, 0.4) is 0 Å². The maximum Gasteiger partial charge on any atom is 0.254 e. The number of methoxy groups -OCH3 is 1. The summed E-state index contributed by atoms with van der Waals surface area (Å²) in [6.07, 6.45) is 0.275. The third-order valence-corrected chi connectivity index (χ3v) is 4.75. The highest BCUT2D eigenvalue weighted by Crippen LogP contribution is 2.35. The Morgan fingerprint density at radius 2 is 1.46 bits per heavy atom. The summed E-state index contributed by atoms with van der Waals surface area (Å²) in [4.78, 5) is 28.3. The number of benzene rings is 2. The van der Waals surface area contributed by atoms with E-state index in [0.29, 0.717) is 26.2 Å². The van der Waals surface area contributed by atoms with Crippen molar-refractivity contribution < 1.29 is 29.6 Å². The zero-order valence-corrected chi connectivity index (χ0v) is 15.5. The highest BCUT2D eigenvalue weighted by atomic mass is 16.5. The normalized spacial score (nSPS) is 14.0. The first kappa shape index (κ1) is 19.3. The summed E-state index contributed by atoms with van der Waals surface area (Å²) in [6, 6.07) is 9.53. The molecule has 1 heterocycles. The van der Waals surface area contributed by atoms with Gasteiger partial charge in [-0.2, -0.15) is 0 Å². The second-order valence-electron chi connectivity index (χ2n) is 6.56. The molecule has 8 heteroatoms. The van der Waals surface area contributed by atoms with Crippen LogP contribution < -0.4 is 4.74 Å².